The van der Waals surface area contributed by atoms with Crippen LogP contribution in [0.3, 0.4) is 0 Å². The standard InChI is InChI=1S/C15H25FN2S/c1-15(2,3)17-11-12-7-6-8-13(16)14(12)18(4)9-10-19-5/h6-8,17H,9-11H2,1-5H3. The van der Waals surface area contributed by atoms with Crippen molar-refractivity contribution in [3.8, 4) is 0 Å². The smallest absolute Gasteiger partial charge is 0.146 e. The maximum absolute atomic E-state index is 14.1. The lowest BCUT2D eigenvalue weighted by Gasteiger charge is -2.26. The summed E-state index contributed by atoms with van der Waals surface area (Å²) < 4.78 is 14.1. The molecule has 0 radical (unpaired) electrons. The highest BCUT2D eigenvalue weighted by molar-refractivity contribution is 7.98. The summed E-state index contributed by atoms with van der Waals surface area (Å²) in [6, 6.07) is 5.30. The van der Waals surface area contributed by atoms with Crippen molar-refractivity contribution in [3.05, 3.63) is 29.6 Å². The Morgan fingerprint density at radius 2 is 2.00 bits per heavy atom. The average molecular weight is 284 g/mol. The zero-order valence-electron chi connectivity index (χ0n) is 12.6. The van der Waals surface area contributed by atoms with Crippen molar-refractivity contribution in [2.75, 3.05) is 30.5 Å². The normalized spacial score (nSPS) is 11.7. The molecule has 0 fully saturated rings. The molecule has 0 atom stereocenters. The highest BCUT2D eigenvalue weighted by atomic mass is 32.2. The van der Waals surface area contributed by atoms with E-state index in [9.17, 15) is 4.39 Å². The van der Waals surface area contributed by atoms with Gasteiger partial charge in [0, 0.05) is 31.4 Å². The molecule has 2 nitrogen and oxygen atoms in total. The van der Waals surface area contributed by atoms with Gasteiger partial charge in [0.1, 0.15) is 5.82 Å². The van der Waals surface area contributed by atoms with Crippen LogP contribution >= 0.6 is 11.8 Å². The quantitative estimate of drug-likeness (QED) is 0.860. The van der Waals surface area contributed by atoms with Crippen LogP contribution in [0.5, 0.6) is 0 Å². The second-order valence-corrected chi connectivity index (χ2v) is 6.75. The van der Waals surface area contributed by atoms with Crippen LogP contribution in [0.1, 0.15) is 26.3 Å². The van der Waals surface area contributed by atoms with Gasteiger partial charge in [0.2, 0.25) is 0 Å². The summed E-state index contributed by atoms with van der Waals surface area (Å²) in [5.41, 5.74) is 1.76. The van der Waals surface area contributed by atoms with E-state index in [-0.39, 0.29) is 11.4 Å². The van der Waals surface area contributed by atoms with Gasteiger partial charge < -0.3 is 10.2 Å². The van der Waals surface area contributed by atoms with Crippen LogP contribution in [-0.2, 0) is 6.54 Å². The number of nitrogens with zero attached hydrogens (tertiary/aromatic N) is 1. The second-order valence-electron chi connectivity index (χ2n) is 5.77. The van der Waals surface area contributed by atoms with Gasteiger partial charge in [0.15, 0.2) is 0 Å². The maximum atomic E-state index is 14.1. The van der Waals surface area contributed by atoms with Gasteiger partial charge in [0.05, 0.1) is 5.69 Å². The highest BCUT2D eigenvalue weighted by Gasteiger charge is 2.15. The maximum Gasteiger partial charge on any atom is 0.146 e. The monoisotopic (exact) mass is 284 g/mol. The fourth-order valence-corrected chi connectivity index (χ4v) is 2.29. The van der Waals surface area contributed by atoms with Crippen molar-refractivity contribution in [2.24, 2.45) is 0 Å². The third kappa shape index (κ3) is 5.41. The molecule has 0 aliphatic rings. The third-order valence-corrected chi connectivity index (χ3v) is 3.48. The number of hydrogen-bond acceptors (Lipinski definition) is 3. The summed E-state index contributed by atoms with van der Waals surface area (Å²) in [7, 11) is 1.95. The molecule has 19 heavy (non-hydrogen) atoms. The summed E-state index contributed by atoms with van der Waals surface area (Å²) >= 11 is 1.77. The largest absolute Gasteiger partial charge is 0.371 e. The van der Waals surface area contributed by atoms with Crippen LogP contribution in [0.25, 0.3) is 0 Å². The fraction of sp³-hybridized carbons (Fsp3) is 0.600. The minimum Gasteiger partial charge on any atom is -0.371 e. The molecule has 1 N–H and O–H groups in total. The van der Waals surface area contributed by atoms with Gasteiger partial charge in [-0.05, 0) is 38.7 Å². The highest BCUT2D eigenvalue weighted by Crippen LogP contribution is 2.24. The molecule has 4 heteroatoms. The van der Waals surface area contributed by atoms with Crippen LogP contribution in [0, 0.1) is 5.82 Å². The first-order chi connectivity index (χ1) is 8.85. The van der Waals surface area contributed by atoms with E-state index in [2.05, 4.69) is 32.3 Å². The third-order valence-electron chi connectivity index (χ3n) is 2.89. The number of benzene rings is 1. The molecule has 1 rings (SSSR count). The Bertz CT molecular complexity index is 402. The molecule has 0 saturated carbocycles. The Kier molecular flexibility index (Phi) is 6.14. The number of halogens is 1. The Balaban J connectivity index is 2.88. The lowest BCUT2D eigenvalue weighted by Crippen LogP contribution is -2.35. The molecule has 1 aromatic rings. The van der Waals surface area contributed by atoms with E-state index >= 15 is 0 Å². The number of anilines is 1. The van der Waals surface area contributed by atoms with Crippen molar-refractivity contribution < 1.29 is 4.39 Å². The summed E-state index contributed by atoms with van der Waals surface area (Å²) in [6.07, 6.45) is 2.07. The van der Waals surface area contributed by atoms with E-state index in [0.717, 1.165) is 17.9 Å². The molecule has 1 aromatic carbocycles. The lowest BCUT2D eigenvalue weighted by atomic mass is 10.1. The van der Waals surface area contributed by atoms with Gasteiger partial charge in [-0.1, -0.05) is 12.1 Å². The Labute approximate surface area is 120 Å². The Morgan fingerprint density at radius 3 is 2.58 bits per heavy atom. The molecule has 0 aliphatic heterocycles. The first kappa shape index (κ1) is 16.3. The first-order valence-electron chi connectivity index (χ1n) is 6.57. The molecular weight excluding hydrogens is 259 g/mol. The minimum atomic E-state index is -0.142. The number of thioether (sulfide) groups is 1. The molecule has 0 heterocycles. The van der Waals surface area contributed by atoms with Gasteiger partial charge in [-0.2, -0.15) is 11.8 Å². The van der Waals surface area contributed by atoms with E-state index in [1.807, 2.05) is 18.0 Å². The molecule has 0 unspecified atom stereocenters. The molecule has 108 valence electrons. The molecule has 0 amide bonds. The van der Waals surface area contributed by atoms with Gasteiger partial charge in [-0.15, -0.1) is 0 Å². The van der Waals surface area contributed by atoms with Gasteiger partial charge in [-0.25, -0.2) is 4.39 Å². The van der Waals surface area contributed by atoms with Gasteiger partial charge >= 0.3 is 0 Å². The molecule has 0 bridgehead atoms. The number of hydrogen-bond donors (Lipinski definition) is 1. The topological polar surface area (TPSA) is 15.3 Å². The zero-order valence-corrected chi connectivity index (χ0v) is 13.4. The van der Waals surface area contributed by atoms with Crippen LogP contribution in [-0.4, -0.2) is 31.1 Å². The molecular formula is C15H25FN2S. The van der Waals surface area contributed by atoms with Crippen LogP contribution in [0.15, 0.2) is 18.2 Å². The average Bonchev–Trinajstić information content (AvgIpc) is 2.32. The summed E-state index contributed by atoms with van der Waals surface area (Å²) in [4.78, 5) is 2.01. The van der Waals surface area contributed by atoms with Crippen LogP contribution in [0.4, 0.5) is 10.1 Å². The van der Waals surface area contributed by atoms with Crippen molar-refractivity contribution in [1.82, 2.24) is 5.32 Å². The van der Waals surface area contributed by atoms with Crippen molar-refractivity contribution >= 4 is 17.4 Å². The van der Waals surface area contributed by atoms with Crippen molar-refractivity contribution in [1.29, 1.82) is 0 Å². The predicted octanol–water partition coefficient (Wildman–Crippen LogP) is 3.51. The SMILES string of the molecule is CSCCN(C)c1c(F)cccc1CNC(C)(C)C. The minimum absolute atomic E-state index is 0.0292. The van der Waals surface area contributed by atoms with E-state index in [1.54, 1.807) is 17.8 Å². The fourth-order valence-electron chi connectivity index (χ4n) is 1.83. The lowest BCUT2D eigenvalue weighted by molar-refractivity contribution is 0.423. The van der Waals surface area contributed by atoms with Gasteiger partial charge in [-0.3, -0.25) is 0 Å². The Morgan fingerprint density at radius 1 is 1.32 bits per heavy atom. The van der Waals surface area contributed by atoms with E-state index in [1.165, 1.54) is 6.07 Å². The number of nitrogens with one attached hydrogen (secondary N) is 1. The molecule has 0 aromatic heterocycles. The number of para-hydroxylation sites is 1. The van der Waals surface area contributed by atoms with Crippen molar-refractivity contribution in [3.63, 3.8) is 0 Å². The second kappa shape index (κ2) is 7.15. The molecule has 0 saturated heterocycles. The summed E-state index contributed by atoms with van der Waals surface area (Å²) in [5.74, 6) is 0.855. The van der Waals surface area contributed by atoms with Gasteiger partial charge in [0.25, 0.3) is 0 Å². The van der Waals surface area contributed by atoms with E-state index < -0.39 is 0 Å². The molecule has 0 aliphatic carbocycles. The number of rotatable bonds is 6. The van der Waals surface area contributed by atoms with E-state index in [0.29, 0.717) is 12.2 Å². The Hall–Kier alpha value is -0.740. The summed E-state index contributed by atoms with van der Waals surface area (Å²) in [6.45, 7) is 7.88. The van der Waals surface area contributed by atoms with E-state index in [4.69, 9.17) is 0 Å². The summed E-state index contributed by atoms with van der Waals surface area (Å²) in [5, 5.41) is 3.42. The zero-order chi connectivity index (χ0) is 14.5. The molecule has 0 spiro atoms. The van der Waals surface area contributed by atoms with Crippen molar-refractivity contribution in [2.45, 2.75) is 32.9 Å². The predicted molar refractivity (Wildman–Crippen MR) is 84.6 cm³/mol. The first-order valence-corrected chi connectivity index (χ1v) is 7.97. The van der Waals surface area contributed by atoms with Crippen LogP contribution < -0.4 is 10.2 Å². The van der Waals surface area contributed by atoms with Crippen LogP contribution in [0.2, 0.25) is 0 Å².